The number of hydrogen-bond donors (Lipinski definition) is 0. The minimum absolute atomic E-state index is 1.06. The molecule has 0 fully saturated rings. The van der Waals surface area contributed by atoms with Gasteiger partial charge >= 0.3 is 0 Å². The highest BCUT2D eigenvalue weighted by Crippen LogP contribution is 2.43. The smallest absolute Gasteiger partial charge is 0.00270 e. The third-order valence-electron chi connectivity index (χ3n) is 4.97. The lowest BCUT2D eigenvalue weighted by molar-refractivity contribution is 1.25. The Balaban J connectivity index is 2.29. The monoisotopic (exact) mass is 284 g/mol. The second kappa shape index (κ2) is 4.84. The summed E-state index contributed by atoms with van der Waals surface area (Å²) >= 11 is 0. The van der Waals surface area contributed by atoms with E-state index in [1.54, 1.807) is 0 Å². The molecule has 3 aromatic rings. The van der Waals surface area contributed by atoms with Crippen molar-refractivity contribution < 1.29 is 0 Å². The van der Waals surface area contributed by atoms with Gasteiger partial charge in [0.05, 0.1) is 0 Å². The standard InChI is InChI=1S/C22H20/c1-4-16-13-17-8-5-6-10-20(17)21-15(3)14(2)12-18-9-7-11-19(16)22(18)21/h5-13H,4H2,1-3H3. The first-order chi connectivity index (χ1) is 10.7. The molecule has 0 aromatic heterocycles. The van der Waals surface area contributed by atoms with Gasteiger partial charge in [-0.2, -0.15) is 0 Å². The molecule has 0 spiro atoms. The van der Waals surface area contributed by atoms with Crippen molar-refractivity contribution in [1.29, 1.82) is 0 Å². The fraction of sp³-hybridized carbons (Fsp3) is 0.182. The van der Waals surface area contributed by atoms with Crippen LogP contribution < -0.4 is 0 Å². The van der Waals surface area contributed by atoms with Crippen molar-refractivity contribution in [3.8, 4) is 11.1 Å². The molecule has 1 aliphatic carbocycles. The zero-order chi connectivity index (χ0) is 15.3. The second-order valence-corrected chi connectivity index (χ2v) is 6.21. The Morgan fingerprint density at radius 3 is 2.45 bits per heavy atom. The molecule has 0 saturated carbocycles. The number of rotatable bonds is 1. The third-order valence-corrected chi connectivity index (χ3v) is 4.97. The molecule has 108 valence electrons. The first-order valence-corrected chi connectivity index (χ1v) is 8.04. The van der Waals surface area contributed by atoms with Crippen molar-refractivity contribution in [2.45, 2.75) is 27.2 Å². The average Bonchev–Trinajstić information content (AvgIpc) is 2.68. The molecule has 4 rings (SSSR count). The SMILES string of the molecule is CCC1=Cc2ccccc2-c2c(C)c(C)cc3cccc1c23. The Kier molecular flexibility index (Phi) is 2.94. The Hall–Kier alpha value is -2.34. The van der Waals surface area contributed by atoms with Crippen LogP contribution in [0, 0.1) is 13.8 Å². The Morgan fingerprint density at radius 2 is 1.64 bits per heavy atom. The molecule has 0 nitrogen and oxygen atoms in total. The topological polar surface area (TPSA) is 0 Å². The van der Waals surface area contributed by atoms with E-state index in [-0.39, 0.29) is 0 Å². The number of benzene rings is 3. The molecular weight excluding hydrogens is 264 g/mol. The molecule has 0 unspecified atom stereocenters. The lowest BCUT2D eigenvalue weighted by Crippen LogP contribution is -1.93. The number of allylic oxidation sites excluding steroid dienone is 1. The van der Waals surface area contributed by atoms with Gasteiger partial charge in [-0.3, -0.25) is 0 Å². The minimum atomic E-state index is 1.06. The van der Waals surface area contributed by atoms with Crippen molar-refractivity contribution in [1.82, 2.24) is 0 Å². The van der Waals surface area contributed by atoms with Crippen molar-refractivity contribution in [3.05, 3.63) is 70.8 Å². The predicted octanol–water partition coefficient (Wildman–Crippen LogP) is 6.39. The van der Waals surface area contributed by atoms with Crippen LogP contribution in [0.1, 0.15) is 35.6 Å². The molecule has 0 aliphatic heterocycles. The fourth-order valence-electron chi connectivity index (χ4n) is 3.71. The summed E-state index contributed by atoms with van der Waals surface area (Å²) in [6, 6.07) is 17.8. The molecule has 0 heterocycles. The summed E-state index contributed by atoms with van der Waals surface area (Å²) in [4.78, 5) is 0. The Labute approximate surface area is 132 Å². The zero-order valence-electron chi connectivity index (χ0n) is 13.4. The van der Waals surface area contributed by atoms with Gasteiger partial charge in [0.25, 0.3) is 0 Å². The fourth-order valence-corrected chi connectivity index (χ4v) is 3.71. The van der Waals surface area contributed by atoms with E-state index in [0.717, 1.165) is 6.42 Å². The largest absolute Gasteiger partial charge is 0.0616 e. The maximum Gasteiger partial charge on any atom is -0.00270 e. The minimum Gasteiger partial charge on any atom is -0.0616 e. The molecule has 3 aromatic carbocycles. The molecule has 0 heteroatoms. The third kappa shape index (κ3) is 1.77. The van der Waals surface area contributed by atoms with Gasteiger partial charge in [-0.1, -0.05) is 61.5 Å². The normalized spacial score (nSPS) is 12.8. The molecule has 22 heavy (non-hydrogen) atoms. The van der Waals surface area contributed by atoms with Crippen LogP contribution in [0.15, 0.2) is 48.5 Å². The van der Waals surface area contributed by atoms with Gasteiger partial charge in [-0.05, 0) is 70.0 Å². The van der Waals surface area contributed by atoms with Gasteiger partial charge in [0.15, 0.2) is 0 Å². The molecule has 0 radical (unpaired) electrons. The summed E-state index contributed by atoms with van der Waals surface area (Å²) in [6.07, 6.45) is 3.43. The Bertz CT molecular complexity index is 926. The quantitative estimate of drug-likeness (QED) is 0.486. The van der Waals surface area contributed by atoms with Crippen LogP contribution in [0.4, 0.5) is 0 Å². The van der Waals surface area contributed by atoms with Crippen LogP contribution in [0.25, 0.3) is 33.5 Å². The van der Waals surface area contributed by atoms with E-state index in [4.69, 9.17) is 0 Å². The zero-order valence-corrected chi connectivity index (χ0v) is 13.4. The van der Waals surface area contributed by atoms with Crippen LogP contribution in [-0.4, -0.2) is 0 Å². The van der Waals surface area contributed by atoms with Gasteiger partial charge in [0.2, 0.25) is 0 Å². The summed E-state index contributed by atoms with van der Waals surface area (Å²) in [5.74, 6) is 0. The van der Waals surface area contributed by atoms with Crippen molar-refractivity contribution in [3.63, 3.8) is 0 Å². The summed E-state index contributed by atoms with van der Waals surface area (Å²) < 4.78 is 0. The maximum absolute atomic E-state index is 2.37. The predicted molar refractivity (Wildman–Crippen MR) is 97.0 cm³/mol. The molecule has 0 N–H and O–H groups in total. The van der Waals surface area contributed by atoms with E-state index in [0.29, 0.717) is 0 Å². The lowest BCUT2D eigenvalue weighted by atomic mass is 9.87. The molecule has 1 aliphatic rings. The summed E-state index contributed by atoms with van der Waals surface area (Å²) in [5.41, 5.74) is 9.72. The average molecular weight is 284 g/mol. The van der Waals surface area contributed by atoms with Crippen LogP contribution in [-0.2, 0) is 0 Å². The van der Waals surface area contributed by atoms with Gasteiger partial charge < -0.3 is 0 Å². The highest BCUT2D eigenvalue weighted by Gasteiger charge is 2.19. The van der Waals surface area contributed by atoms with Gasteiger partial charge in [-0.25, -0.2) is 0 Å². The van der Waals surface area contributed by atoms with Gasteiger partial charge in [-0.15, -0.1) is 0 Å². The van der Waals surface area contributed by atoms with E-state index < -0.39 is 0 Å². The van der Waals surface area contributed by atoms with Gasteiger partial charge in [0, 0.05) is 0 Å². The van der Waals surface area contributed by atoms with Crippen LogP contribution in [0.5, 0.6) is 0 Å². The molecule has 0 atom stereocenters. The highest BCUT2D eigenvalue weighted by atomic mass is 14.2. The maximum atomic E-state index is 2.37. The van der Waals surface area contributed by atoms with E-state index in [1.165, 1.54) is 49.7 Å². The molecule has 0 saturated heterocycles. The van der Waals surface area contributed by atoms with E-state index >= 15 is 0 Å². The van der Waals surface area contributed by atoms with Crippen molar-refractivity contribution in [2.75, 3.05) is 0 Å². The van der Waals surface area contributed by atoms with E-state index in [9.17, 15) is 0 Å². The van der Waals surface area contributed by atoms with Crippen molar-refractivity contribution >= 4 is 22.4 Å². The lowest BCUT2D eigenvalue weighted by Gasteiger charge is -2.16. The van der Waals surface area contributed by atoms with Crippen LogP contribution in [0.2, 0.25) is 0 Å². The summed E-state index contributed by atoms with van der Waals surface area (Å²) in [7, 11) is 0. The molecule has 0 amide bonds. The van der Waals surface area contributed by atoms with Crippen LogP contribution in [0.3, 0.4) is 0 Å². The van der Waals surface area contributed by atoms with Gasteiger partial charge in [0.1, 0.15) is 0 Å². The summed E-state index contributed by atoms with van der Waals surface area (Å²) in [6.45, 7) is 6.73. The number of aryl methyl sites for hydroxylation is 1. The second-order valence-electron chi connectivity index (χ2n) is 6.21. The van der Waals surface area contributed by atoms with E-state index in [1.807, 2.05) is 0 Å². The first-order valence-electron chi connectivity index (χ1n) is 8.04. The number of hydrogen-bond acceptors (Lipinski definition) is 0. The Morgan fingerprint density at radius 1 is 0.864 bits per heavy atom. The molecule has 0 bridgehead atoms. The highest BCUT2D eigenvalue weighted by molar-refractivity contribution is 6.11. The number of fused-ring (bicyclic) bond motifs is 2. The van der Waals surface area contributed by atoms with E-state index in [2.05, 4.69) is 75.4 Å². The van der Waals surface area contributed by atoms with Crippen LogP contribution >= 0.6 is 0 Å². The molecular formula is C22H20. The van der Waals surface area contributed by atoms with Crippen molar-refractivity contribution in [2.24, 2.45) is 0 Å². The summed E-state index contributed by atoms with van der Waals surface area (Å²) in [5, 5.41) is 2.77. The first kappa shape index (κ1) is 13.3.